The van der Waals surface area contributed by atoms with Crippen LogP contribution in [0, 0.1) is 23.2 Å². The Bertz CT molecular complexity index is 281. The maximum absolute atomic E-state index is 10.5. The average Bonchev–Trinajstić information content (AvgIpc) is 2.50. The Morgan fingerprint density at radius 3 is 2.69 bits per heavy atom. The number of rotatable bonds is 1. The first kappa shape index (κ1) is 12.2. The lowest BCUT2D eigenvalue weighted by Crippen LogP contribution is -2.36. The van der Waals surface area contributed by atoms with Crippen LogP contribution < -0.4 is 0 Å². The number of hydrogen-bond donors (Lipinski definition) is 1. The van der Waals surface area contributed by atoms with E-state index in [0.717, 1.165) is 12.0 Å². The maximum Gasteiger partial charge on any atom is 0.0783 e. The van der Waals surface area contributed by atoms with Gasteiger partial charge in [-0.2, -0.15) is 0 Å². The summed E-state index contributed by atoms with van der Waals surface area (Å²) >= 11 is 0. The van der Waals surface area contributed by atoms with Gasteiger partial charge in [-0.15, -0.1) is 0 Å². The smallest absolute Gasteiger partial charge is 0.0783 e. The summed E-state index contributed by atoms with van der Waals surface area (Å²) < 4.78 is 0. The highest BCUT2D eigenvalue weighted by molar-refractivity contribution is 5.13. The zero-order valence-electron chi connectivity index (χ0n) is 11.0. The highest BCUT2D eigenvalue weighted by Gasteiger charge is 2.50. The highest BCUT2D eigenvalue weighted by atomic mass is 16.3. The van der Waals surface area contributed by atoms with Gasteiger partial charge in [-0.05, 0) is 60.8 Å². The zero-order valence-corrected chi connectivity index (χ0v) is 11.0. The lowest BCUT2D eigenvalue weighted by molar-refractivity contribution is 0.0371. The van der Waals surface area contributed by atoms with Crippen LogP contribution in [-0.2, 0) is 0 Å². The van der Waals surface area contributed by atoms with E-state index in [4.69, 9.17) is 0 Å². The Morgan fingerprint density at radius 1 is 1.38 bits per heavy atom. The minimum atomic E-state index is -0.248. The number of aliphatic hydroxyl groups excluding tert-OH is 1. The van der Waals surface area contributed by atoms with Crippen molar-refractivity contribution in [1.29, 1.82) is 0 Å². The molecule has 16 heavy (non-hydrogen) atoms. The minimum Gasteiger partial charge on any atom is -0.388 e. The monoisotopic (exact) mass is 222 g/mol. The van der Waals surface area contributed by atoms with Gasteiger partial charge >= 0.3 is 0 Å². The minimum absolute atomic E-state index is 0.248. The van der Waals surface area contributed by atoms with Crippen molar-refractivity contribution in [3.63, 3.8) is 0 Å². The van der Waals surface area contributed by atoms with Gasteiger partial charge < -0.3 is 5.11 Å². The molecule has 2 aliphatic rings. The molecule has 0 aromatic rings. The van der Waals surface area contributed by atoms with Crippen molar-refractivity contribution in [1.82, 2.24) is 0 Å². The fraction of sp³-hybridized carbons (Fsp3) is 0.867. The lowest BCUT2D eigenvalue weighted by atomic mass is 9.70. The quantitative estimate of drug-likeness (QED) is 0.669. The Balaban J connectivity index is 2.30. The van der Waals surface area contributed by atoms with Gasteiger partial charge in [0.15, 0.2) is 0 Å². The van der Waals surface area contributed by atoms with Gasteiger partial charge in [0, 0.05) is 0 Å². The molecular weight excluding hydrogens is 196 g/mol. The third kappa shape index (κ3) is 1.84. The molecule has 0 aromatic heterocycles. The van der Waals surface area contributed by atoms with E-state index in [2.05, 4.69) is 27.4 Å². The molecule has 0 aromatic carbocycles. The van der Waals surface area contributed by atoms with Crippen molar-refractivity contribution in [2.75, 3.05) is 0 Å². The molecule has 0 spiro atoms. The van der Waals surface area contributed by atoms with Gasteiger partial charge in [0.2, 0.25) is 0 Å². The molecule has 2 rings (SSSR count). The fourth-order valence-corrected chi connectivity index (χ4v) is 4.14. The summed E-state index contributed by atoms with van der Waals surface area (Å²) in [6.45, 7) is 11.1. The van der Waals surface area contributed by atoms with Gasteiger partial charge in [0.1, 0.15) is 0 Å². The van der Waals surface area contributed by atoms with Crippen LogP contribution in [-0.4, -0.2) is 11.2 Å². The first-order chi connectivity index (χ1) is 7.46. The Hall–Kier alpha value is -0.300. The van der Waals surface area contributed by atoms with Crippen LogP contribution in [0.5, 0.6) is 0 Å². The van der Waals surface area contributed by atoms with E-state index < -0.39 is 0 Å². The summed E-state index contributed by atoms with van der Waals surface area (Å²) in [5.74, 6) is 1.84. The maximum atomic E-state index is 10.5. The van der Waals surface area contributed by atoms with Crippen LogP contribution in [0.2, 0.25) is 0 Å². The van der Waals surface area contributed by atoms with Crippen LogP contribution in [0.1, 0.15) is 52.9 Å². The van der Waals surface area contributed by atoms with Crippen LogP contribution in [0.25, 0.3) is 0 Å². The van der Waals surface area contributed by atoms with Crippen molar-refractivity contribution in [3.8, 4) is 0 Å². The average molecular weight is 222 g/mol. The summed E-state index contributed by atoms with van der Waals surface area (Å²) in [7, 11) is 0. The van der Waals surface area contributed by atoms with E-state index in [1.807, 2.05) is 0 Å². The second kappa shape index (κ2) is 4.18. The summed E-state index contributed by atoms with van der Waals surface area (Å²) in [4.78, 5) is 0. The molecular formula is C15H26O. The van der Waals surface area contributed by atoms with Crippen molar-refractivity contribution < 1.29 is 5.11 Å². The van der Waals surface area contributed by atoms with Gasteiger partial charge in [-0.1, -0.05) is 27.4 Å². The molecule has 2 fully saturated rings. The molecule has 0 saturated heterocycles. The van der Waals surface area contributed by atoms with Gasteiger partial charge in [0.05, 0.1) is 6.10 Å². The Labute approximate surface area is 99.9 Å². The molecule has 0 radical (unpaired) electrons. The number of fused-ring (bicyclic) bond motifs is 1. The van der Waals surface area contributed by atoms with E-state index in [9.17, 15) is 5.11 Å². The summed E-state index contributed by atoms with van der Waals surface area (Å²) in [6.07, 6.45) is 5.86. The van der Waals surface area contributed by atoms with E-state index in [1.54, 1.807) is 0 Å². The van der Waals surface area contributed by atoms with E-state index in [0.29, 0.717) is 23.2 Å². The molecule has 0 heterocycles. The third-order valence-corrected chi connectivity index (χ3v) is 5.18. The molecule has 1 nitrogen and oxygen atoms in total. The first-order valence-corrected chi connectivity index (χ1v) is 6.81. The van der Waals surface area contributed by atoms with Crippen molar-refractivity contribution in [2.45, 2.75) is 59.0 Å². The van der Waals surface area contributed by atoms with E-state index in [-0.39, 0.29) is 6.10 Å². The summed E-state index contributed by atoms with van der Waals surface area (Å²) in [5, 5.41) is 10.5. The number of hydrogen-bond acceptors (Lipinski definition) is 1. The molecule has 1 N–H and O–H groups in total. The SMILES string of the molecule is C=C1CCC[C@@]2(C)CC[C@@H](C(C)C)[C@H]2[C@H]1O. The van der Waals surface area contributed by atoms with Crippen molar-refractivity contribution in [3.05, 3.63) is 12.2 Å². The molecule has 0 aliphatic heterocycles. The van der Waals surface area contributed by atoms with Crippen LogP contribution >= 0.6 is 0 Å². The predicted molar refractivity (Wildman–Crippen MR) is 68.2 cm³/mol. The normalized spacial score (nSPS) is 44.6. The topological polar surface area (TPSA) is 20.2 Å². The number of aliphatic hydroxyl groups is 1. The largest absolute Gasteiger partial charge is 0.388 e. The molecule has 1 heteroatoms. The third-order valence-electron chi connectivity index (χ3n) is 5.18. The summed E-state index contributed by atoms with van der Waals surface area (Å²) in [5.41, 5.74) is 1.45. The Kier molecular flexibility index (Phi) is 3.18. The molecule has 0 amide bonds. The van der Waals surface area contributed by atoms with E-state index in [1.165, 1.54) is 25.7 Å². The molecule has 2 aliphatic carbocycles. The molecule has 0 bridgehead atoms. The van der Waals surface area contributed by atoms with Crippen LogP contribution in [0.3, 0.4) is 0 Å². The predicted octanol–water partition coefficient (Wildman–Crippen LogP) is 3.78. The van der Waals surface area contributed by atoms with Crippen LogP contribution in [0.4, 0.5) is 0 Å². The fourth-order valence-electron chi connectivity index (χ4n) is 4.14. The lowest BCUT2D eigenvalue weighted by Gasteiger charge is -2.37. The van der Waals surface area contributed by atoms with E-state index >= 15 is 0 Å². The van der Waals surface area contributed by atoms with Gasteiger partial charge in [-0.25, -0.2) is 0 Å². The molecule has 2 saturated carbocycles. The summed E-state index contributed by atoms with van der Waals surface area (Å²) in [6, 6.07) is 0. The second-order valence-corrected chi connectivity index (χ2v) is 6.58. The first-order valence-electron chi connectivity index (χ1n) is 6.81. The standard InChI is InChI=1S/C15H26O/c1-10(2)12-7-9-15(4)8-5-6-11(3)14(16)13(12)15/h10,12-14,16H,3,5-9H2,1-2,4H3/t12-,13-,14-,15-/m0/s1. The zero-order chi connectivity index (χ0) is 11.9. The van der Waals surface area contributed by atoms with Gasteiger partial charge in [-0.3, -0.25) is 0 Å². The second-order valence-electron chi connectivity index (χ2n) is 6.58. The van der Waals surface area contributed by atoms with Gasteiger partial charge in [0.25, 0.3) is 0 Å². The highest BCUT2D eigenvalue weighted by Crippen LogP contribution is 2.56. The molecule has 4 atom stereocenters. The van der Waals surface area contributed by atoms with Crippen molar-refractivity contribution >= 4 is 0 Å². The molecule has 0 unspecified atom stereocenters. The Morgan fingerprint density at radius 2 is 2.06 bits per heavy atom. The molecule has 92 valence electrons. The van der Waals surface area contributed by atoms with Crippen LogP contribution in [0.15, 0.2) is 12.2 Å². The van der Waals surface area contributed by atoms with Crippen molar-refractivity contribution in [2.24, 2.45) is 23.2 Å².